The maximum Gasteiger partial charge on any atom is 0.226 e. The van der Waals surface area contributed by atoms with E-state index in [4.69, 9.17) is 5.26 Å². The van der Waals surface area contributed by atoms with Crippen molar-refractivity contribution in [3.8, 4) is 6.07 Å². The van der Waals surface area contributed by atoms with Crippen molar-refractivity contribution in [3.63, 3.8) is 0 Å². The van der Waals surface area contributed by atoms with Crippen LogP contribution in [0.15, 0.2) is 30.3 Å². The molecule has 1 fully saturated rings. The summed E-state index contributed by atoms with van der Waals surface area (Å²) in [6, 6.07) is 11.2. The first-order valence-corrected chi connectivity index (χ1v) is 10.0. The standard InChI is InChI=1S/C18H21N5O2S/c1-14-5-3-4-6-16(14)13-26(24,25)23-9-7-22(8-10-23)18-20-15(2)11-17(12-19)21-18/h3-6,11H,7-10,13H2,1-2H3. The van der Waals surface area contributed by atoms with Crippen molar-refractivity contribution >= 4 is 16.0 Å². The summed E-state index contributed by atoms with van der Waals surface area (Å²) < 4.78 is 27.0. The van der Waals surface area contributed by atoms with E-state index in [1.165, 1.54) is 4.31 Å². The molecule has 0 atom stereocenters. The molecular weight excluding hydrogens is 350 g/mol. The Balaban J connectivity index is 1.69. The molecule has 0 radical (unpaired) electrons. The smallest absolute Gasteiger partial charge is 0.226 e. The van der Waals surface area contributed by atoms with Gasteiger partial charge in [-0.2, -0.15) is 9.57 Å². The zero-order valence-electron chi connectivity index (χ0n) is 14.9. The molecule has 8 heteroatoms. The van der Waals surface area contributed by atoms with Crippen LogP contribution in [0.1, 0.15) is 22.5 Å². The van der Waals surface area contributed by atoms with E-state index in [1.54, 1.807) is 6.07 Å². The molecule has 0 aliphatic carbocycles. The number of aromatic nitrogens is 2. The Morgan fingerprint density at radius 3 is 2.46 bits per heavy atom. The van der Waals surface area contributed by atoms with Crippen molar-refractivity contribution in [2.75, 3.05) is 31.1 Å². The van der Waals surface area contributed by atoms with Gasteiger partial charge < -0.3 is 4.90 Å². The van der Waals surface area contributed by atoms with Crippen LogP contribution < -0.4 is 4.90 Å². The number of nitrogens with zero attached hydrogens (tertiary/aromatic N) is 5. The molecule has 2 aromatic rings. The highest BCUT2D eigenvalue weighted by Crippen LogP contribution is 2.18. The Hall–Kier alpha value is -2.50. The first-order valence-electron chi connectivity index (χ1n) is 8.42. The molecule has 7 nitrogen and oxygen atoms in total. The van der Waals surface area contributed by atoms with Crippen LogP contribution in [0, 0.1) is 25.2 Å². The topological polar surface area (TPSA) is 90.2 Å². The number of anilines is 1. The second-order valence-electron chi connectivity index (χ2n) is 6.38. The molecule has 1 aliphatic rings. The van der Waals surface area contributed by atoms with Crippen LogP contribution in [0.5, 0.6) is 0 Å². The van der Waals surface area contributed by atoms with Gasteiger partial charge >= 0.3 is 0 Å². The Morgan fingerprint density at radius 1 is 1.12 bits per heavy atom. The Bertz CT molecular complexity index is 944. The Labute approximate surface area is 154 Å². The van der Waals surface area contributed by atoms with Gasteiger partial charge in [0.15, 0.2) is 0 Å². The van der Waals surface area contributed by atoms with E-state index in [-0.39, 0.29) is 5.75 Å². The number of rotatable bonds is 4. The van der Waals surface area contributed by atoms with Gasteiger partial charge in [0.05, 0.1) is 5.75 Å². The molecule has 136 valence electrons. The van der Waals surface area contributed by atoms with Crippen molar-refractivity contribution in [3.05, 3.63) is 52.8 Å². The van der Waals surface area contributed by atoms with Crippen molar-refractivity contribution in [2.45, 2.75) is 19.6 Å². The van der Waals surface area contributed by atoms with Crippen LogP contribution in [0.2, 0.25) is 0 Å². The third-order valence-electron chi connectivity index (χ3n) is 4.47. The first-order chi connectivity index (χ1) is 12.4. The molecule has 1 aromatic heterocycles. The summed E-state index contributed by atoms with van der Waals surface area (Å²) in [5.41, 5.74) is 2.85. The molecule has 3 rings (SSSR count). The van der Waals surface area contributed by atoms with Crippen LogP contribution in [-0.2, 0) is 15.8 Å². The maximum absolute atomic E-state index is 12.7. The van der Waals surface area contributed by atoms with Crippen LogP contribution in [0.4, 0.5) is 5.95 Å². The van der Waals surface area contributed by atoms with Gasteiger partial charge in [0.25, 0.3) is 0 Å². The summed E-state index contributed by atoms with van der Waals surface area (Å²) >= 11 is 0. The normalized spacial score (nSPS) is 15.7. The molecular formula is C18H21N5O2S. The molecule has 0 bridgehead atoms. The zero-order valence-corrected chi connectivity index (χ0v) is 15.7. The summed E-state index contributed by atoms with van der Waals surface area (Å²) in [4.78, 5) is 10.5. The van der Waals surface area contributed by atoms with Gasteiger partial charge in [-0.25, -0.2) is 18.4 Å². The van der Waals surface area contributed by atoms with Crippen molar-refractivity contribution in [1.29, 1.82) is 5.26 Å². The maximum atomic E-state index is 12.7. The summed E-state index contributed by atoms with van der Waals surface area (Å²) in [5.74, 6) is 0.497. The molecule has 1 aromatic carbocycles. The van der Waals surface area contributed by atoms with Crippen LogP contribution in [0.25, 0.3) is 0 Å². The van der Waals surface area contributed by atoms with Crippen LogP contribution >= 0.6 is 0 Å². The summed E-state index contributed by atoms with van der Waals surface area (Å²) in [6.07, 6.45) is 0. The molecule has 0 unspecified atom stereocenters. The Morgan fingerprint density at radius 2 is 1.81 bits per heavy atom. The average molecular weight is 371 g/mol. The van der Waals surface area contributed by atoms with Crippen molar-refractivity contribution in [2.24, 2.45) is 0 Å². The molecule has 2 heterocycles. The highest BCUT2D eigenvalue weighted by atomic mass is 32.2. The minimum absolute atomic E-state index is 0.0131. The van der Waals surface area contributed by atoms with Gasteiger partial charge in [-0.05, 0) is 31.0 Å². The molecule has 1 saturated heterocycles. The van der Waals surface area contributed by atoms with Gasteiger partial charge in [0.1, 0.15) is 11.8 Å². The Kier molecular flexibility index (Phi) is 5.20. The summed E-state index contributed by atoms with van der Waals surface area (Å²) in [7, 11) is -3.37. The van der Waals surface area contributed by atoms with Gasteiger partial charge in [0, 0.05) is 31.9 Å². The quantitative estimate of drug-likeness (QED) is 0.811. The SMILES string of the molecule is Cc1cc(C#N)nc(N2CCN(S(=O)(=O)Cc3ccccc3C)CC2)n1. The van der Waals surface area contributed by atoms with Crippen LogP contribution in [-0.4, -0.2) is 48.9 Å². The molecule has 0 amide bonds. The van der Waals surface area contributed by atoms with Crippen LogP contribution in [0.3, 0.4) is 0 Å². The van der Waals surface area contributed by atoms with E-state index in [0.717, 1.165) is 16.8 Å². The van der Waals surface area contributed by atoms with Gasteiger partial charge in [-0.3, -0.25) is 0 Å². The highest BCUT2D eigenvalue weighted by molar-refractivity contribution is 7.88. The number of aryl methyl sites for hydroxylation is 2. The van der Waals surface area contributed by atoms with Gasteiger partial charge in [0.2, 0.25) is 16.0 Å². The van der Waals surface area contributed by atoms with E-state index in [2.05, 4.69) is 9.97 Å². The molecule has 0 N–H and O–H groups in total. The fourth-order valence-electron chi connectivity index (χ4n) is 2.98. The number of hydrogen-bond acceptors (Lipinski definition) is 6. The number of nitriles is 1. The molecule has 26 heavy (non-hydrogen) atoms. The third-order valence-corrected chi connectivity index (χ3v) is 6.30. The lowest BCUT2D eigenvalue weighted by atomic mass is 10.1. The summed E-state index contributed by atoms with van der Waals surface area (Å²) in [5, 5.41) is 9.05. The van der Waals surface area contributed by atoms with Crippen molar-refractivity contribution in [1.82, 2.24) is 14.3 Å². The van der Waals surface area contributed by atoms with E-state index >= 15 is 0 Å². The van der Waals surface area contributed by atoms with Gasteiger partial charge in [-0.15, -0.1) is 0 Å². The third kappa shape index (κ3) is 4.00. The predicted octanol–water partition coefficient (Wildman–Crippen LogP) is 1.62. The number of piperazine rings is 1. The monoisotopic (exact) mass is 371 g/mol. The lowest BCUT2D eigenvalue weighted by Gasteiger charge is -2.34. The average Bonchev–Trinajstić information content (AvgIpc) is 2.63. The molecule has 1 aliphatic heterocycles. The van der Waals surface area contributed by atoms with Crippen molar-refractivity contribution < 1.29 is 8.42 Å². The minimum Gasteiger partial charge on any atom is -0.338 e. The van der Waals surface area contributed by atoms with E-state index in [1.807, 2.05) is 49.1 Å². The molecule has 0 saturated carbocycles. The second-order valence-corrected chi connectivity index (χ2v) is 8.34. The molecule has 0 spiro atoms. The van der Waals surface area contributed by atoms with Gasteiger partial charge in [-0.1, -0.05) is 24.3 Å². The van der Waals surface area contributed by atoms with E-state index in [9.17, 15) is 8.42 Å². The largest absolute Gasteiger partial charge is 0.338 e. The fraction of sp³-hybridized carbons (Fsp3) is 0.389. The van der Waals surface area contributed by atoms with E-state index in [0.29, 0.717) is 37.8 Å². The highest BCUT2D eigenvalue weighted by Gasteiger charge is 2.28. The summed E-state index contributed by atoms with van der Waals surface area (Å²) in [6.45, 7) is 5.50. The predicted molar refractivity (Wildman–Crippen MR) is 99.1 cm³/mol. The fourth-order valence-corrected chi connectivity index (χ4v) is 4.60. The zero-order chi connectivity index (χ0) is 18.7. The first kappa shape index (κ1) is 18.3. The lowest BCUT2D eigenvalue weighted by Crippen LogP contribution is -2.49. The van der Waals surface area contributed by atoms with E-state index < -0.39 is 10.0 Å². The minimum atomic E-state index is -3.37. The second kappa shape index (κ2) is 7.40. The number of benzene rings is 1. The number of hydrogen-bond donors (Lipinski definition) is 0. The number of sulfonamides is 1. The lowest BCUT2D eigenvalue weighted by molar-refractivity contribution is 0.382.